The third kappa shape index (κ3) is 5.34. The van der Waals surface area contributed by atoms with Crippen LogP contribution in [0.2, 0.25) is 0 Å². The number of carbonyl (C=O) groups excluding carboxylic acids is 2. The van der Waals surface area contributed by atoms with Crippen molar-refractivity contribution in [2.45, 2.75) is 52.1 Å². The molecule has 2 aromatic carbocycles. The monoisotopic (exact) mass is 427 g/mol. The minimum Gasteiger partial charge on any atom is -0.369 e. The first-order valence-electron chi connectivity index (χ1n) is 10.3. The minimum atomic E-state index is -0.960. The topological polar surface area (TPSA) is 75.8 Å². The van der Waals surface area contributed by atoms with Gasteiger partial charge in [0.1, 0.15) is 11.3 Å². The molecule has 164 valence electrons. The van der Waals surface area contributed by atoms with Crippen molar-refractivity contribution < 1.29 is 18.4 Å². The van der Waals surface area contributed by atoms with Gasteiger partial charge in [-0.1, -0.05) is 44.2 Å². The van der Waals surface area contributed by atoms with Gasteiger partial charge in [-0.05, 0) is 48.1 Å². The summed E-state index contributed by atoms with van der Waals surface area (Å²) in [5.41, 5.74) is 7.30. The molecule has 0 spiro atoms. The lowest BCUT2D eigenvalue weighted by molar-refractivity contribution is -0.131. The van der Waals surface area contributed by atoms with Crippen LogP contribution in [0.25, 0.3) is 0 Å². The second-order valence-corrected chi connectivity index (χ2v) is 8.69. The summed E-state index contributed by atoms with van der Waals surface area (Å²) in [4.78, 5) is 31.0. The van der Waals surface area contributed by atoms with E-state index in [-0.39, 0.29) is 30.5 Å². The molecule has 2 aromatic rings. The Morgan fingerprint density at radius 3 is 2.23 bits per heavy atom. The number of amides is 1. The third-order valence-corrected chi connectivity index (χ3v) is 5.30. The number of aliphatic imine (C=N–C) groups is 1. The summed E-state index contributed by atoms with van der Waals surface area (Å²) in [6.45, 7) is 6.20. The smallest absolute Gasteiger partial charge is 0.257 e. The van der Waals surface area contributed by atoms with Gasteiger partial charge in [0.15, 0.2) is 17.6 Å². The lowest BCUT2D eigenvalue weighted by Crippen LogP contribution is -2.43. The summed E-state index contributed by atoms with van der Waals surface area (Å²) in [6, 6.07) is 10.8. The molecule has 3 rings (SSSR count). The molecule has 1 aliphatic heterocycles. The van der Waals surface area contributed by atoms with Crippen LogP contribution in [0.1, 0.15) is 43.9 Å². The average molecular weight is 427 g/mol. The zero-order valence-corrected chi connectivity index (χ0v) is 18.0. The first-order valence-corrected chi connectivity index (χ1v) is 10.3. The normalized spacial score (nSPS) is 18.6. The zero-order valence-electron chi connectivity index (χ0n) is 18.0. The lowest BCUT2D eigenvalue weighted by atomic mass is 9.91. The van der Waals surface area contributed by atoms with Crippen molar-refractivity contribution in [3.05, 3.63) is 70.8 Å². The van der Waals surface area contributed by atoms with Gasteiger partial charge in [-0.3, -0.25) is 14.5 Å². The fourth-order valence-electron chi connectivity index (χ4n) is 3.95. The van der Waals surface area contributed by atoms with Gasteiger partial charge in [0.05, 0.1) is 6.54 Å². The van der Waals surface area contributed by atoms with E-state index in [0.29, 0.717) is 24.4 Å². The van der Waals surface area contributed by atoms with Crippen LogP contribution in [0.3, 0.4) is 0 Å². The summed E-state index contributed by atoms with van der Waals surface area (Å²) >= 11 is 0. The first kappa shape index (κ1) is 22.6. The van der Waals surface area contributed by atoms with Gasteiger partial charge in [0.2, 0.25) is 0 Å². The minimum absolute atomic E-state index is 0.0304. The summed E-state index contributed by atoms with van der Waals surface area (Å²) in [6.07, 6.45) is 0.836. The molecule has 0 radical (unpaired) electrons. The van der Waals surface area contributed by atoms with Gasteiger partial charge in [0, 0.05) is 12.8 Å². The highest BCUT2D eigenvalue weighted by atomic mass is 19.2. The predicted octanol–water partition coefficient (Wildman–Crippen LogP) is 3.78. The third-order valence-electron chi connectivity index (χ3n) is 5.30. The number of rotatable bonds is 8. The van der Waals surface area contributed by atoms with Crippen LogP contribution in [0.4, 0.5) is 8.78 Å². The highest BCUT2D eigenvalue weighted by Gasteiger charge is 2.43. The number of nitrogens with zero attached hydrogens (tertiary/aromatic N) is 2. The summed E-state index contributed by atoms with van der Waals surface area (Å²) in [7, 11) is 0. The second kappa shape index (κ2) is 8.96. The molecule has 2 N–H and O–H groups in total. The van der Waals surface area contributed by atoms with E-state index < -0.39 is 17.2 Å². The molecule has 1 atom stereocenters. The number of hydrogen-bond donors (Lipinski definition) is 1. The Morgan fingerprint density at radius 2 is 1.61 bits per heavy atom. The predicted molar refractivity (Wildman–Crippen MR) is 115 cm³/mol. The number of Topliss-reactive ketones (excluding diaryl/α,β-unsaturated/α-hetero) is 1. The van der Waals surface area contributed by atoms with E-state index >= 15 is 0 Å². The van der Waals surface area contributed by atoms with Crippen molar-refractivity contribution >= 4 is 17.6 Å². The lowest BCUT2D eigenvalue weighted by Gasteiger charge is -2.23. The Morgan fingerprint density at radius 1 is 1.03 bits per heavy atom. The molecule has 0 saturated carbocycles. The second-order valence-electron chi connectivity index (χ2n) is 8.69. The van der Waals surface area contributed by atoms with E-state index in [0.717, 1.165) is 23.3 Å². The quantitative estimate of drug-likeness (QED) is 0.697. The SMILES string of the molecule is CC(C)CC1(C)N=C(N)N(Cc2ccc(CC(=O)Cc3ccc(F)c(F)c3)cc2)C1=O. The average Bonchev–Trinajstić information content (AvgIpc) is 2.88. The highest BCUT2D eigenvalue weighted by molar-refractivity contribution is 6.06. The summed E-state index contributed by atoms with van der Waals surface area (Å²) in [5, 5.41) is 0. The Kier molecular flexibility index (Phi) is 6.53. The number of nitrogens with two attached hydrogens (primary N) is 1. The number of halogens is 2. The van der Waals surface area contributed by atoms with Gasteiger partial charge in [0.25, 0.3) is 5.91 Å². The van der Waals surface area contributed by atoms with Crippen LogP contribution in [0, 0.1) is 17.6 Å². The van der Waals surface area contributed by atoms with Crippen molar-refractivity contribution in [2.24, 2.45) is 16.6 Å². The first-order chi connectivity index (χ1) is 14.6. The maximum absolute atomic E-state index is 13.3. The van der Waals surface area contributed by atoms with Crippen LogP contribution < -0.4 is 5.73 Å². The molecular formula is C24H27F2N3O2. The molecule has 1 aliphatic rings. The van der Waals surface area contributed by atoms with Crippen molar-refractivity contribution in [1.29, 1.82) is 0 Å². The maximum atomic E-state index is 13.3. The molecule has 0 aromatic heterocycles. The molecule has 1 heterocycles. The van der Waals surface area contributed by atoms with Crippen LogP contribution >= 0.6 is 0 Å². The highest BCUT2D eigenvalue weighted by Crippen LogP contribution is 2.29. The van der Waals surface area contributed by atoms with E-state index in [4.69, 9.17) is 5.73 Å². The largest absolute Gasteiger partial charge is 0.369 e. The number of ketones is 1. The van der Waals surface area contributed by atoms with Gasteiger partial charge < -0.3 is 5.73 Å². The van der Waals surface area contributed by atoms with Gasteiger partial charge in [-0.15, -0.1) is 0 Å². The molecule has 31 heavy (non-hydrogen) atoms. The maximum Gasteiger partial charge on any atom is 0.257 e. The molecule has 1 amide bonds. The van der Waals surface area contributed by atoms with E-state index in [1.807, 2.05) is 45.0 Å². The van der Waals surface area contributed by atoms with E-state index in [1.54, 1.807) is 0 Å². The van der Waals surface area contributed by atoms with E-state index in [9.17, 15) is 18.4 Å². The van der Waals surface area contributed by atoms with Gasteiger partial charge >= 0.3 is 0 Å². The summed E-state index contributed by atoms with van der Waals surface area (Å²) < 4.78 is 26.3. The number of benzene rings is 2. The van der Waals surface area contributed by atoms with E-state index in [2.05, 4.69) is 4.99 Å². The molecular weight excluding hydrogens is 400 g/mol. The number of carbonyl (C=O) groups is 2. The molecule has 1 unspecified atom stereocenters. The number of hydrogen-bond acceptors (Lipinski definition) is 4. The zero-order chi connectivity index (χ0) is 22.8. The van der Waals surface area contributed by atoms with Crippen LogP contribution in [0.15, 0.2) is 47.5 Å². The Bertz CT molecular complexity index is 1020. The standard InChI is InChI=1S/C24H27F2N3O2/c1-15(2)13-24(3)22(31)29(23(27)28-24)14-17-6-4-16(5-7-17)10-19(30)11-18-8-9-20(25)21(26)12-18/h4-9,12,15H,10-11,13-14H2,1-3H3,(H2,27,28). The van der Waals surface area contributed by atoms with Crippen LogP contribution in [-0.4, -0.2) is 28.1 Å². The molecule has 0 saturated heterocycles. The molecule has 7 heteroatoms. The van der Waals surface area contributed by atoms with Crippen LogP contribution in [0.5, 0.6) is 0 Å². The Hall–Kier alpha value is -3.09. The number of guanidine groups is 1. The Balaban J connectivity index is 1.60. The fraction of sp³-hybridized carbons (Fsp3) is 0.375. The van der Waals surface area contributed by atoms with Crippen molar-refractivity contribution in [3.8, 4) is 0 Å². The van der Waals surface area contributed by atoms with Gasteiger partial charge in [-0.25, -0.2) is 13.8 Å². The molecule has 0 aliphatic carbocycles. The Labute approximate surface area is 181 Å². The molecule has 5 nitrogen and oxygen atoms in total. The fourth-order valence-corrected chi connectivity index (χ4v) is 3.95. The van der Waals surface area contributed by atoms with Crippen molar-refractivity contribution in [2.75, 3.05) is 0 Å². The van der Waals surface area contributed by atoms with Crippen molar-refractivity contribution in [3.63, 3.8) is 0 Å². The molecule has 0 bridgehead atoms. The van der Waals surface area contributed by atoms with Gasteiger partial charge in [-0.2, -0.15) is 0 Å². The van der Waals surface area contributed by atoms with Crippen molar-refractivity contribution in [1.82, 2.24) is 4.90 Å². The summed E-state index contributed by atoms with van der Waals surface area (Å²) in [5.74, 6) is -1.57. The molecule has 0 fully saturated rings. The van der Waals surface area contributed by atoms with Crippen LogP contribution in [-0.2, 0) is 29.0 Å². The van der Waals surface area contributed by atoms with E-state index in [1.165, 1.54) is 11.0 Å².